The largest absolute Gasteiger partial charge is 0.378 e. The summed E-state index contributed by atoms with van der Waals surface area (Å²) < 4.78 is 11.3. The molecule has 1 aliphatic rings. The number of carbonyl (C=O) groups is 1. The van der Waals surface area contributed by atoms with Gasteiger partial charge in [0.05, 0.1) is 18.3 Å². The molecule has 0 spiro atoms. The Morgan fingerprint density at radius 1 is 1.17 bits per heavy atom. The molecule has 0 bridgehead atoms. The fraction of sp³-hybridized carbons (Fsp3) is 0.381. The molecular weight excluding hydrogens is 370 g/mol. The van der Waals surface area contributed by atoms with Crippen LogP contribution in [0.25, 0.3) is 11.5 Å². The van der Waals surface area contributed by atoms with E-state index >= 15 is 0 Å². The van der Waals surface area contributed by atoms with Gasteiger partial charge in [0.2, 0.25) is 0 Å². The molecule has 1 fully saturated rings. The fourth-order valence-corrected chi connectivity index (χ4v) is 3.28. The highest BCUT2D eigenvalue weighted by atomic mass is 16.5. The zero-order valence-corrected chi connectivity index (χ0v) is 16.3. The van der Waals surface area contributed by atoms with Crippen molar-refractivity contribution in [1.29, 1.82) is 0 Å². The standard InChI is InChI=1S/C21H23N5O3/c1-15-22-13-17(14-23-15)21(27)26-10-7-18(8-11-26)28-12-9-19-24-20(29-25-19)16-5-3-2-4-6-16/h2-6,13-14,18H,7-12H2,1H3. The van der Waals surface area contributed by atoms with Crippen LogP contribution in [0.5, 0.6) is 0 Å². The average molecular weight is 393 g/mol. The molecule has 1 aliphatic heterocycles. The van der Waals surface area contributed by atoms with E-state index in [1.54, 1.807) is 19.3 Å². The van der Waals surface area contributed by atoms with E-state index in [0.717, 1.165) is 18.4 Å². The summed E-state index contributed by atoms with van der Waals surface area (Å²) in [4.78, 5) is 27.0. The molecular formula is C21H23N5O3. The van der Waals surface area contributed by atoms with E-state index in [4.69, 9.17) is 9.26 Å². The van der Waals surface area contributed by atoms with Crippen LogP contribution >= 0.6 is 0 Å². The highest BCUT2D eigenvalue weighted by Crippen LogP contribution is 2.18. The Morgan fingerprint density at radius 3 is 2.62 bits per heavy atom. The molecule has 2 aromatic heterocycles. The van der Waals surface area contributed by atoms with Gasteiger partial charge >= 0.3 is 0 Å². The lowest BCUT2D eigenvalue weighted by molar-refractivity contribution is 0.00945. The summed E-state index contributed by atoms with van der Waals surface area (Å²) in [6.07, 6.45) is 5.51. The van der Waals surface area contributed by atoms with Crippen molar-refractivity contribution < 1.29 is 14.1 Å². The number of hydrogen-bond acceptors (Lipinski definition) is 7. The maximum absolute atomic E-state index is 12.5. The predicted molar refractivity (Wildman–Crippen MR) is 105 cm³/mol. The van der Waals surface area contributed by atoms with Gasteiger partial charge in [-0.2, -0.15) is 4.98 Å². The molecule has 150 valence electrons. The van der Waals surface area contributed by atoms with E-state index in [9.17, 15) is 4.79 Å². The van der Waals surface area contributed by atoms with Gasteiger partial charge in [0.1, 0.15) is 5.82 Å². The monoisotopic (exact) mass is 393 g/mol. The van der Waals surface area contributed by atoms with Crippen molar-refractivity contribution in [3.8, 4) is 11.5 Å². The maximum atomic E-state index is 12.5. The summed E-state index contributed by atoms with van der Waals surface area (Å²) >= 11 is 0. The summed E-state index contributed by atoms with van der Waals surface area (Å²) in [6, 6.07) is 9.69. The Bertz CT molecular complexity index is 934. The van der Waals surface area contributed by atoms with Crippen LogP contribution < -0.4 is 0 Å². The molecule has 0 radical (unpaired) electrons. The molecule has 1 amide bonds. The smallest absolute Gasteiger partial charge is 0.257 e. The third-order valence-electron chi connectivity index (χ3n) is 4.93. The molecule has 3 heterocycles. The normalized spacial score (nSPS) is 14.9. The van der Waals surface area contributed by atoms with E-state index < -0.39 is 0 Å². The molecule has 1 saturated heterocycles. The van der Waals surface area contributed by atoms with E-state index in [2.05, 4.69) is 20.1 Å². The van der Waals surface area contributed by atoms with Crippen molar-refractivity contribution in [2.75, 3.05) is 19.7 Å². The number of ether oxygens (including phenoxy) is 1. The van der Waals surface area contributed by atoms with Crippen molar-refractivity contribution in [3.05, 3.63) is 59.9 Å². The van der Waals surface area contributed by atoms with Crippen LogP contribution in [-0.4, -0.2) is 56.7 Å². The third-order valence-corrected chi connectivity index (χ3v) is 4.93. The minimum atomic E-state index is -0.0244. The van der Waals surface area contributed by atoms with Crippen molar-refractivity contribution in [3.63, 3.8) is 0 Å². The first-order chi connectivity index (χ1) is 14.2. The summed E-state index contributed by atoms with van der Waals surface area (Å²) in [5.74, 6) is 1.79. The van der Waals surface area contributed by atoms with Crippen LogP contribution in [0.15, 0.2) is 47.2 Å². The number of aryl methyl sites for hydroxylation is 1. The van der Waals surface area contributed by atoms with Gasteiger partial charge in [0.15, 0.2) is 5.82 Å². The zero-order valence-electron chi connectivity index (χ0n) is 16.3. The van der Waals surface area contributed by atoms with Crippen molar-refractivity contribution in [1.82, 2.24) is 25.0 Å². The second-order valence-corrected chi connectivity index (χ2v) is 7.01. The van der Waals surface area contributed by atoms with Gasteiger partial charge in [-0.05, 0) is 31.9 Å². The summed E-state index contributed by atoms with van der Waals surface area (Å²) in [6.45, 7) is 3.65. The fourth-order valence-electron chi connectivity index (χ4n) is 3.28. The number of likely N-dealkylation sites (tertiary alicyclic amines) is 1. The zero-order chi connectivity index (χ0) is 20.1. The Labute approximate surface area is 168 Å². The topological polar surface area (TPSA) is 94.2 Å². The minimum absolute atomic E-state index is 0.0244. The maximum Gasteiger partial charge on any atom is 0.257 e. The predicted octanol–water partition coefficient (Wildman–Crippen LogP) is 2.70. The summed E-state index contributed by atoms with van der Waals surface area (Å²) in [7, 11) is 0. The third kappa shape index (κ3) is 4.83. The van der Waals surface area contributed by atoms with Gasteiger partial charge in [-0.25, -0.2) is 9.97 Å². The highest BCUT2D eigenvalue weighted by Gasteiger charge is 2.24. The molecule has 1 aromatic carbocycles. The van der Waals surface area contributed by atoms with Crippen LogP contribution in [0.2, 0.25) is 0 Å². The number of nitrogens with zero attached hydrogens (tertiary/aromatic N) is 5. The van der Waals surface area contributed by atoms with Gasteiger partial charge in [0.25, 0.3) is 11.8 Å². The molecule has 8 heteroatoms. The van der Waals surface area contributed by atoms with Gasteiger partial charge in [-0.15, -0.1) is 0 Å². The van der Waals surface area contributed by atoms with Crippen LogP contribution in [-0.2, 0) is 11.2 Å². The number of amides is 1. The second-order valence-electron chi connectivity index (χ2n) is 7.01. The van der Waals surface area contributed by atoms with Gasteiger partial charge in [-0.3, -0.25) is 4.79 Å². The Kier molecular flexibility index (Phi) is 5.90. The molecule has 8 nitrogen and oxygen atoms in total. The number of carbonyl (C=O) groups excluding carboxylic acids is 1. The number of rotatable bonds is 6. The Morgan fingerprint density at radius 2 is 1.90 bits per heavy atom. The van der Waals surface area contributed by atoms with Crippen molar-refractivity contribution in [2.45, 2.75) is 32.3 Å². The molecule has 29 heavy (non-hydrogen) atoms. The van der Waals surface area contributed by atoms with Gasteiger partial charge in [-0.1, -0.05) is 23.4 Å². The van der Waals surface area contributed by atoms with E-state index in [1.807, 2.05) is 35.2 Å². The number of piperidine rings is 1. The van der Waals surface area contributed by atoms with Crippen molar-refractivity contribution in [2.24, 2.45) is 0 Å². The van der Waals surface area contributed by atoms with Crippen molar-refractivity contribution >= 4 is 5.91 Å². The molecule has 0 aliphatic carbocycles. The average Bonchev–Trinajstić information content (AvgIpc) is 3.24. The minimum Gasteiger partial charge on any atom is -0.378 e. The second kappa shape index (κ2) is 8.91. The lowest BCUT2D eigenvalue weighted by atomic mass is 10.1. The van der Waals surface area contributed by atoms with Crippen LogP contribution in [0.1, 0.15) is 34.8 Å². The van der Waals surface area contributed by atoms with Crippen LogP contribution in [0.4, 0.5) is 0 Å². The molecule has 0 atom stereocenters. The highest BCUT2D eigenvalue weighted by molar-refractivity contribution is 5.93. The SMILES string of the molecule is Cc1ncc(C(=O)N2CCC(OCCc3noc(-c4ccccc4)n3)CC2)cn1. The van der Waals surface area contributed by atoms with E-state index in [-0.39, 0.29) is 12.0 Å². The summed E-state index contributed by atoms with van der Waals surface area (Å²) in [5, 5.41) is 4.02. The lowest BCUT2D eigenvalue weighted by Crippen LogP contribution is -2.41. The molecule has 3 aromatic rings. The molecule has 0 N–H and O–H groups in total. The van der Waals surface area contributed by atoms with Crippen LogP contribution in [0.3, 0.4) is 0 Å². The van der Waals surface area contributed by atoms with E-state index in [0.29, 0.717) is 49.2 Å². The quantitative estimate of drug-likeness (QED) is 0.635. The molecule has 0 saturated carbocycles. The molecule has 4 rings (SSSR count). The first kappa shape index (κ1) is 19.2. The number of hydrogen-bond donors (Lipinski definition) is 0. The number of aromatic nitrogens is 4. The van der Waals surface area contributed by atoms with Gasteiger partial charge < -0.3 is 14.2 Å². The first-order valence-corrected chi connectivity index (χ1v) is 9.76. The Balaban J connectivity index is 1.21. The van der Waals surface area contributed by atoms with Crippen LogP contribution in [0, 0.1) is 6.92 Å². The van der Waals surface area contributed by atoms with E-state index in [1.165, 1.54) is 0 Å². The Hall–Kier alpha value is -3.13. The molecule has 0 unspecified atom stereocenters. The van der Waals surface area contributed by atoms with Gasteiger partial charge in [0, 0.05) is 37.5 Å². The lowest BCUT2D eigenvalue weighted by Gasteiger charge is -2.31. The first-order valence-electron chi connectivity index (χ1n) is 9.76. The number of benzene rings is 1. The summed E-state index contributed by atoms with van der Waals surface area (Å²) in [5.41, 5.74) is 1.43.